The number of likely N-dealkylation sites (tertiary alicyclic amines) is 1. The highest BCUT2D eigenvalue weighted by Gasteiger charge is 2.31. The fourth-order valence-electron chi connectivity index (χ4n) is 3.50. The van der Waals surface area contributed by atoms with Crippen LogP contribution in [0.3, 0.4) is 0 Å². The molecule has 1 aliphatic heterocycles. The lowest BCUT2D eigenvalue weighted by Crippen LogP contribution is -2.43. The van der Waals surface area contributed by atoms with Crippen molar-refractivity contribution in [2.24, 2.45) is 18.9 Å². The standard InChI is InChI=1S/C19H28ClN5O2/c1-12(2)9-21-10-14-6-5-7-25(11-14)19(26)16-17(22-24(4)18(16)20)15-8-13(3)27-23-15/h8,12,14,21H,5-7,9-11H2,1-4H3. The SMILES string of the molecule is Cc1cc(-c2nn(C)c(Cl)c2C(=O)N2CCCC(CNCC(C)C)C2)no1. The Morgan fingerprint density at radius 3 is 2.93 bits per heavy atom. The highest BCUT2D eigenvalue weighted by Crippen LogP contribution is 2.30. The Morgan fingerprint density at radius 2 is 2.26 bits per heavy atom. The molecule has 2 aromatic heterocycles. The van der Waals surface area contributed by atoms with E-state index in [-0.39, 0.29) is 5.91 Å². The molecule has 0 bridgehead atoms. The molecule has 0 spiro atoms. The minimum Gasteiger partial charge on any atom is -0.361 e. The third-order valence-corrected chi connectivity index (χ3v) is 5.29. The molecule has 0 aromatic carbocycles. The van der Waals surface area contributed by atoms with Crippen molar-refractivity contribution in [1.29, 1.82) is 0 Å². The Morgan fingerprint density at radius 1 is 1.48 bits per heavy atom. The maximum Gasteiger partial charge on any atom is 0.259 e. The predicted molar refractivity (Wildman–Crippen MR) is 105 cm³/mol. The summed E-state index contributed by atoms with van der Waals surface area (Å²) in [4.78, 5) is 15.2. The fraction of sp³-hybridized carbons (Fsp3) is 0.632. The van der Waals surface area contributed by atoms with Gasteiger partial charge in [-0.1, -0.05) is 30.6 Å². The van der Waals surface area contributed by atoms with E-state index in [0.717, 1.165) is 39.0 Å². The van der Waals surface area contributed by atoms with Gasteiger partial charge in [-0.15, -0.1) is 0 Å². The monoisotopic (exact) mass is 393 g/mol. The highest BCUT2D eigenvalue weighted by atomic mass is 35.5. The summed E-state index contributed by atoms with van der Waals surface area (Å²) in [7, 11) is 1.73. The Kier molecular flexibility index (Phi) is 6.22. The van der Waals surface area contributed by atoms with E-state index in [1.165, 1.54) is 4.68 Å². The van der Waals surface area contributed by atoms with Gasteiger partial charge in [-0.2, -0.15) is 5.10 Å². The first-order chi connectivity index (χ1) is 12.9. The minimum absolute atomic E-state index is 0.0858. The number of aryl methyl sites for hydroxylation is 2. The van der Waals surface area contributed by atoms with Gasteiger partial charge >= 0.3 is 0 Å². The van der Waals surface area contributed by atoms with Crippen molar-refractivity contribution in [2.45, 2.75) is 33.6 Å². The number of nitrogens with zero attached hydrogens (tertiary/aromatic N) is 4. The van der Waals surface area contributed by atoms with Crippen LogP contribution in [0.25, 0.3) is 11.4 Å². The molecule has 1 fully saturated rings. The number of halogens is 1. The van der Waals surface area contributed by atoms with Crippen molar-refractivity contribution in [1.82, 2.24) is 25.2 Å². The highest BCUT2D eigenvalue weighted by molar-refractivity contribution is 6.33. The third-order valence-electron chi connectivity index (χ3n) is 4.85. The van der Waals surface area contributed by atoms with Gasteiger partial charge < -0.3 is 14.7 Å². The molecule has 27 heavy (non-hydrogen) atoms. The van der Waals surface area contributed by atoms with Crippen LogP contribution >= 0.6 is 11.6 Å². The van der Waals surface area contributed by atoms with Gasteiger partial charge in [0.1, 0.15) is 27.9 Å². The van der Waals surface area contributed by atoms with E-state index in [4.69, 9.17) is 16.1 Å². The molecule has 0 aliphatic carbocycles. The number of rotatable bonds is 6. The van der Waals surface area contributed by atoms with Gasteiger partial charge in [-0.25, -0.2) is 0 Å². The number of hydrogen-bond donors (Lipinski definition) is 1. The van der Waals surface area contributed by atoms with Gasteiger partial charge in [-0.3, -0.25) is 9.48 Å². The predicted octanol–water partition coefficient (Wildman–Crippen LogP) is 3.13. The van der Waals surface area contributed by atoms with Crippen molar-refractivity contribution in [3.05, 3.63) is 22.5 Å². The first-order valence-electron chi connectivity index (χ1n) is 9.53. The van der Waals surface area contributed by atoms with Crippen molar-refractivity contribution in [2.75, 3.05) is 26.2 Å². The lowest BCUT2D eigenvalue weighted by atomic mass is 9.97. The van der Waals surface area contributed by atoms with E-state index >= 15 is 0 Å². The molecule has 2 aromatic rings. The maximum atomic E-state index is 13.3. The normalized spacial score (nSPS) is 17.7. The Bertz CT molecular complexity index is 798. The number of aromatic nitrogens is 3. The summed E-state index contributed by atoms with van der Waals surface area (Å²) in [6.45, 7) is 9.59. The lowest BCUT2D eigenvalue weighted by molar-refractivity contribution is 0.0673. The summed E-state index contributed by atoms with van der Waals surface area (Å²) in [6, 6.07) is 1.77. The van der Waals surface area contributed by atoms with Crippen LogP contribution < -0.4 is 5.32 Å². The molecule has 0 saturated carbocycles. The zero-order chi connectivity index (χ0) is 19.6. The van der Waals surface area contributed by atoms with Gasteiger partial charge in [0.15, 0.2) is 0 Å². The van der Waals surface area contributed by atoms with Crippen LogP contribution in [-0.2, 0) is 7.05 Å². The maximum absolute atomic E-state index is 13.3. The molecule has 1 unspecified atom stereocenters. The van der Waals surface area contributed by atoms with E-state index in [1.807, 2.05) is 11.8 Å². The number of carbonyl (C=O) groups is 1. The molecule has 1 amide bonds. The molecular weight excluding hydrogens is 366 g/mol. The second-order valence-corrected chi connectivity index (χ2v) is 8.13. The summed E-state index contributed by atoms with van der Waals surface area (Å²) in [5, 5.41) is 12.2. The van der Waals surface area contributed by atoms with Gasteiger partial charge in [0.05, 0.1) is 0 Å². The van der Waals surface area contributed by atoms with Crippen LogP contribution in [0.2, 0.25) is 5.15 Å². The quantitative estimate of drug-likeness (QED) is 0.815. The fourth-order valence-corrected chi connectivity index (χ4v) is 3.71. The molecule has 148 valence electrons. The van der Waals surface area contributed by atoms with E-state index in [1.54, 1.807) is 13.1 Å². The average molecular weight is 394 g/mol. The molecule has 1 atom stereocenters. The molecule has 8 heteroatoms. The van der Waals surface area contributed by atoms with Crippen molar-refractivity contribution in [3.8, 4) is 11.4 Å². The van der Waals surface area contributed by atoms with Crippen molar-refractivity contribution in [3.63, 3.8) is 0 Å². The Hall–Kier alpha value is -1.86. The van der Waals surface area contributed by atoms with Crippen molar-refractivity contribution < 1.29 is 9.32 Å². The topological polar surface area (TPSA) is 76.2 Å². The van der Waals surface area contributed by atoms with Crippen LogP contribution in [0.1, 0.15) is 42.8 Å². The number of piperidine rings is 1. The van der Waals surface area contributed by atoms with Crippen LogP contribution in [0.15, 0.2) is 10.6 Å². The van der Waals surface area contributed by atoms with E-state index in [9.17, 15) is 4.79 Å². The summed E-state index contributed by atoms with van der Waals surface area (Å²) < 4.78 is 6.67. The summed E-state index contributed by atoms with van der Waals surface area (Å²) in [5.74, 6) is 1.65. The van der Waals surface area contributed by atoms with Crippen LogP contribution in [0.4, 0.5) is 0 Å². The van der Waals surface area contributed by atoms with Crippen molar-refractivity contribution >= 4 is 17.5 Å². The Labute approximate surface area is 165 Å². The first kappa shape index (κ1) is 19.9. The number of carbonyl (C=O) groups excluding carboxylic acids is 1. The van der Waals surface area contributed by atoms with Gasteiger partial charge in [-0.05, 0) is 44.7 Å². The summed E-state index contributed by atoms with van der Waals surface area (Å²) in [6.07, 6.45) is 2.13. The third kappa shape index (κ3) is 4.52. The van der Waals surface area contributed by atoms with E-state index < -0.39 is 0 Å². The summed E-state index contributed by atoms with van der Waals surface area (Å²) in [5.41, 5.74) is 1.41. The number of amides is 1. The number of hydrogen-bond acceptors (Lipinski definition) is 5. The zero-order valence-corrected chi connectivity index (χ0v) is 17.2. The molecule has 1 N–H and O–H groups in total. The second-order valence-electron chi connectivity index (χ2n) is 7.77. The molecule has 0 radical (unpaired) electrons. The van der Waals surface area contributed by atoms with E-state index in [0.29, 0.717) is 39.7 Å². The largest absolute Gasteiger partial charge is 0.361 e. The lowest BCUT2D eigenvalue weighted by Gasteiger charge is -2.33. The van der Waals surface area contributed by atoms with Gasteiger partial charge in [0.2, 0.25) is 0 Å². The van der Waals surface area contributed by atoms with Crippen LogP contribution in [-0.4, -0.2) is 51.9 Å². The smallest absolute Gasteiger partial charge is 0.259 e. The minimum atomic E-state index is -0.0858. The van der Waals surface area contributed by atoms with Crippen LogP contribution in [0.5, 0.6) is 0 Å². The van der Waals surface area contributed by atoms with E-state index in [2.05, 4.69) is 29.4 Å². The van der Waals surface area contributed by atoms with Gasteiger partial charge in [0, 0.05) is 26.2 Å². The molecule has 3 heterocycles. The summed E-state index contributed by atoms with van der Waals surface area (Å²) >= 11 is 6.42. The molecule has 7 nitrogen and oxygen atoms in total. The van der Waals surface area contributed by atoms with Crippen LogP contribution in [0, 0.1) is 18.8 Å². The number of nitrogens with one attached hydrogen (secondary N) is 1. The molecular formula is C19H28ClN5O2. The second kappa shape index (κ2) is 8.44. The molecule has 1 aliphatic rings. The Balaban J connectivity index is 1.77. The first-order valence-corrected chi connectivity index (χ1v) is 9.90. The van der Waals surface area contributed by atoms with Gasteiger partial charge in [0.25, 0.3) is 5.91 Å². The molecule has 3 rings (SSSR count). The molecule has 1 saturated heterocycles. The zero-order valence-electron chi connectivity index (χ0n) is 16.5. The average Bonchev–Trinajstić information content (AvgIpc) is 3.18.